The SMILES string of the molecule is CC1(C)CN(CCCN)C1=O. The highest BCUT2D eigenvalue weighted by Crippen LogP contribution is 2.30. The van der Waals surface area contributed by atoms with Gasteiger partial charge in [-0.2, -0.15) is 0 Å². The van der Waals surface area contributed by atoms with Gasteiger partial charge in [-0.05, 0) is 26.8 Å². The van der Waals surface area contributed by atoms with Crippen molar-refractivity contribution < 1.29 is 4.79 Å². The number of likely N-dealkylation sites (tertiary alicyclic amines) is 1. The molecule has 1 rings (SSSR count). The van der Waals surface area contributed by atoms with Crippen LogP contribution >= 0.6 is 0 Å². The van der Waals surface area contributed by atoms with Crippen LogP contribution in [0.3, 0.4) is 0 Å². The molecule has 3 heteroatoms. The normalized spacial score (nSPS) is 21.7. The Bertz CT molecular complexity index is 165. The molecule has 1 aliphatic heterocycles. The third-order valence-electron chi connectivity index (χ3n) is 2.08. The number of amides is 1. The molecule has 1 heterocycles. The number of carbonyl (C=O) groups is 1. The van der Waals surface area contributed by atoms with Crippen molar-refractivity contribution in [1.29, 1.82) is 0 Å². The lowest BCUT2D eigenvalue weighted by atomic mass is 9.83. The van der Waals surface area contributed by atoms with E-state index >= 15 is 0 Å². The summed E-state index contributed by atoms with van der Waals surface area (Å²) in [5.74, 6) is 0.269. The van der Waals surface area contributed by atoms with Gasteiger partial charge in [-0.25, -0.2) is 0 Å². The Morgan fingerprint density at radius 2 is 2.27 bits per heavy atom. The summed E-state index contributed by atoms with van der Waals surface area (Å²) in [5.41, 5.74) is 5.23. The Balaban J connectivity index is 2.28. The number of hydrogen-bond acceptors (Lipinski definition) is 2. The van der Waals surface area contributed by atoms with E-state index in [9.17, 15) is 4.79 Å². The summed E-state index contributed by atoms with van der Waals surface area (Å²) in [5, 5.41) is 0. The van der Waals surface area contributed by atoms with Crippen molar-refractivity contribution in [3.05, 3.63) is 0 Å². The van der Waals surface area contributed by atoms with Gasteiger partial charge in [0.05, 0.1) is 5.41 Å². The van der Waals surface area contributed by atoms with E-state index in [1.54, 1.807) is 0 Å². The van der Waals surface area contributed by atoms with E-state index in [1.165, 1.54) is 0 Å². The molecule has 0 aromatic rings. The van der Waals surface area contributed by atoms with Crippen LogP contribution in [-0.4, -0.2) is 30.4 Å². The highest BCUT2D eigenvalue weighted by atomic mass is 16.2. The molecule has 1 fully saturated rings. The number of nitrogens with two attached hydrogens (primary N) is 1. The first kappa shape index (κ1) is 8.53. The molecule has 0 atom stereocenters. The lowest BCUT2D eigenvalue weighted by Gasteiger charge is -2.44. The topological polar surface area (TPSA) is 46.3 Å². The Kier molecular flexibility index (Phi) is 2.18. The first-order valence-electron chi connectivity index (χ1n) is 4.07. The zero-order valence-corrected chi connectivity index (χ0v) is 7.26. The summed E-state index contributed by atoms with van der Waals surface area (Å²) in [6.45, 7) is 6.36. The predicted octanol–water partition coefficient (Wildman–Crippen LogP) is 0.204. The minimum Gasteiger partial charge on any atom is -0.341 e. The van der Waals surface area contributed by atoms with E-state index in [0.29, 0.717) is 6.54 Å². The predicted molar refractivity (Wildman–Crippen MR) is 44.0 cm³/mol. The molecule has 0 aromatic heterocycles. The smallest absolute Gasteiger partial charge is 0.230 e. The third kappa shape index (κ3) is 1.53. The highest BCUT2D eigenvalue weighted by Gasteiger charge is 2.43. The second-order valence-corrected chi connectivity index (χ2v) is 3.75. The number of nitrogens with zero attached hydrogens (tertiary/aromatic N) is 1. The van der Waals surface area contributed by atoms with E-state index in [0.717, 1.165) is 19.5 Å². The van der Waals surface area contributed by atoms with Crippen molar-refractivity contribution in [2.24, 2.45) is 11.1 Å². The van der Waals surface area contributed by atoms with Gasteiger partial charge in [0.25, 0.3) is 0 Å². The molecule has 1 amide bonds. The molecule has 0 saturated carbocycles. The number of rotatable bonds is 3. The molecular formula is C8H16N2O. The van der Waals surface area contributed by atoms with Crippen molar-refractivity contribution in [2.45, 2.75) is 20.3 Å². The van der Waals surface area contributed by atoms with Gasteiger partial charge in [0.2, 0.25) is 5.91 Å². The molecule has 0 aromatic carbocycles. The highest BCUT2D eigenvalue weighted by molar-refractivity contribution is 5.87. The summed E-state index contributed by atoms with van der Waals surface area (Å²) in [6, 6.07) is 0. The van der Waals surface area contributed by atoms with E-state index in [4.69, 9.17) is 5.73 Å². The molecule has 0 radical (unpaired) electrons. The Morgan fingerprint density at radius 1 is 1.64 bits per heavy atom. The van der Waals surface area contributed by atoms with Gasteiger partial charge in [-0.1, -0.05) is 0 Å². The molecule has 1 aliphatic rings. The van der Waals surface area contributed by atoms with Crippen molar-refractivity contribution in [2.75, 3.05) is 19.6 Å². The summed E-state index contributed by atoms with van der Waals surface area (Å²) < 4.78 is 0. The van der Waals surface area contributed by atoms with Crippen molar-refractivity contribution in [3.8, 4) is 0 Å². The number of β-lactam (4-membered cyclic amide) rings is 1. The summed E-state index contributed by atoms with van der Waals surface area (Å²) in [6.07, 6.45) is 0.918. The largest absolute Gasteiger partial charge is 0.341 e. The van der Waals surface area contributed by atoms with Crippen LogP contribution < -0.4 is 5.73 Å². The van der Waals surface area contributed by atoms with Crippen LogP contribution in [0.4, 0.5) is 0 Å². The van der Waals surface area contributed by atoms with Gasteiger partial charge in [0.1, 0.15) is 0 Å². The van der Waals surface area contributed by atoms with Gasteiger partial charge < -0.3 is 10.6 Å². The van der Waals surface area contributed by atoms with Crippen LogP contribution in [0.1, 0.15) is 20.3 Å². The maximum Gasteiger partial charge on any atom is 0.230 e. The van der Waals surface area contributed by atoms with Crippen molar-refractivity contribution in [3.63, 3.8) is 0 Å². The maximum atomic E-state index is 11.3. The van der Waals surface area contributed by atoms with E-state index < -0.39 is 0 Å². The Labute approximate surface area is 67.5 Å². The van der Waals surface area contributed by atoms with E-state index in [2.05, 4.69) is 0 Å². The molecule has 1 saturated heterocycles. The van der Waals surface area contributed by atoms with Gasteiger partial charge in [-0.3, -0.25) is 4.79 Å². The second kappa shape index (κ2) is 2.81. The molecular weight excluding hydrogens is 140 g/mol. The van der Waals surface area contributed by atoms with Crippen molar-refractivity contribution in [1.82, 2.24) is 4.90 Å². The number of carbonyl (C=O) groups excluding carboxylic acids is 1. The zero-order valence-electron chi connectivity index (χ0n) is 7.26. The van der Waals surface area contributed by atoms with Gasteiger partial charge in [0, 0.05) is 13.1 Å². The second-order valence-electron chi connectivity index (χ2n) is 3.75. The summed E-state index contributed by atoms with van der Waals surface area (Å²) >= 11 is 0. The molecule has 0 unspecified atom stereocenters. The van der Waals surface area contributed by atoms with Gasteiger partial charge >= 0.3 is 0 Å². The molecule has 0 spiro atoms. The average Bonchev–Trinajstić information content (AvgIpc) is 1.97. The lowest BCUT2D eigenvalue weighted by molar-refractivity contribution is -0.156. The molecule has 2 N–H and O–H groups in total. The van der Waals surface area contributed by atoms with Gasteiger partial charge in [0.15, 0.2) is 0 Å². The van der Waals surface area contributed by atoms with Crippen molar-refractivity contribution >= 4 is 5.91 Å². The van der Waals surface area contributed by atoms with Crippen LogP contribution in [0.2, 0.25) is 0 Å². The average molecular weight is 156 g/mol. The van der Waals surface area contributed by atoms with Gasteiger partial charge in [-0.15, -0.1) is 0 Å². The molecule has 64 valence electrons. The fraction of sp³-hybridized carbons (Fsp3) is 0.875. The molecule has 11 heavy (non-hydrogen) atoms. The quantitative estimate of drug-likeness (QED) is 0.593. The van der Waals surface area contributed by atoms with E-state index in [-0.39, 0.29) is 11.3 Å². The molecule has 0 bridgehead atoms. The summed E-state index contributed by atoms with van der Waals surface area (Å²) in [7, 11) is 0. The number of hydrogen-bond donors (Lipinski definition) is 1. The third-order valence-corrected chi connectivity index (χ3v) is 2.08. The van der Waals surface area contributed by atoms with E-state index in [1.807, 2.05) is 18.7 Å². The summed E-state index contributed by atoms with van der Waals surface area (Å²) in [4.78, 5) is 13.1. The van der Waals surface area contributed by atoms with Crippen LogP contribution in [0.25, 0.3) is 0 Å². The molecule has 3 nitrogen and oxygen atoms in total. The van der Waals surface area contributed by atoms with Crippen LogP contribution in [-0.2, 0) is 4.79 Å². The lowest BCUT2D eigenvalue weighted by Crippen LogP contribution is -2.58. The minimum absolute atomic E-state index is 0.103. The first-order valence-corrected chi connectivity index (χ1v) is 4.07. The van der Waals surface area contributed by atoms with Crippen LogP contribution in [0.5, 0.6) is 0 Å². The standard InChI is InChI=1S/C8H16N2O/c1-8(2)6-10(7(8)11)5-3-4-9/h3-6,9H2,1-2H3. The fourth-order valence-corrected chi connectivity index (χ4v) is 1.42. The Hall–Kier alpha value is -0.570. The fourth-order valence-electron chi connectivity index (χ4n) is 1.42. The molecule has 0 aliphatic carbocycles. The zero-order chi connectivity index (χ0) is 8.48. The van der Waals surface area contributed by atoms with Crippen LogP contribution in [0.15, 0.2) is 0 Å². The van der Waals surface area contributed by atoms with Crippen LogP contribution in [0, 0.1) is 5.41 Å². The monoisotopic (exact) mass is 156 g/mol. The Morgan fingerprint density at radius 3 is 2.64 bits per heavy atom. The minimum atomic E-state index is -0.103. The first-order chi connectivity index (χ1) is 5.08. The maximum absolute atomic E-state index is 11.3.